The molecule has 3 aromatic rings. The SMILES string of the molecule is CN1C(=O)CC(C)(C)c2cc(F)c(C(=O)Nc3cccc(-c4nncn4C4CC4)n3)cc21. The highest BCUT2D eigenvalue weighted by Gasteiger charge is 2.36. The Labute approximate surface area is 184 Å². The minimum absolute atomic E-state index is 0.0744. The summed E-state index contributed by atoms with van der Waals surface area (Å²) < 4.78 is 16.9. The molecule has 0 unspecified atom stereocenters. The van der Waals surface area contributed by atoms with Crippen molar-refractivity contribution >= 4 is 23.3 Å². The first-order chi connectivity index (χ1) is 15.2. The Bertz CT molecular complexity index is 1250. The number of carbonyl (C=O) groups excluding carboxylic acids is 2. The average Bonchev–Trinajstić information content (AvgIpc) is 3.48. The lowest BCUT2D eigenvalue weighted by molar-refractivity contribution is -0.119. The van der Waals surface area contributed by atoms with Gasteiger partial charge in [-0.2, -0.15) is 0 Å². The second kappa shape index (κ2) is 7.22. The highest BCUT2D eigenvalue weighted by Crippen LogP contribution is 2.41. The molecule has 8 nitrogen and oxygen atoms in total. The molecule has 0 spiro atoms. The monoisotopic (exact) mass is 434 g/mol. The molecule has 0 bridgehead atoms. The van der Waals surface area contributed by atoms with E-state index in [-0.39, 0.29) is 23.7 Å². The molecule has 1 fully saturated rings. The number of nitrogens with one attached hydrogen (secondary N) is 1. The molecule has 9 heteroatoms. The Hall–Kier alpha value is -3.62. The number of hydrogen-bond donors (Lipinski definition) is 1. The number of anilines is 2. The van der Waals surface area contributed by atoms with Crippen LogP contribution in [0.5, 0.6) is 0 Å². The van der Waals surface area contributed by atoms with Gasteiger partial charge in [-0.1, -0.05) is 19.9 Å². The van der Waals surface area contributed by atoms with Crippen LogP contribution < -0.4 is 10.2 Å². The molecule has 5 rings (SSSR count). The van der Waals surface area contributed by atoms with Crippen LogP contribution in [0.4, 0.5) is 15.9 Å². The van der Waals surface area contributed by atoms with Crippen molar-refractivity contribution in [1.29, 1.82) is 0 Å². The van der Waals surface area contributed by atoms with Gasteiger partial charge < -0.3 is 14.8 Å². The smallest absolute Gasteiger partial charge is 0.259 e. The summed E-state index contributed by atoms with van der Waals surface area (Å²) in [6.07, 6.45) is 4.12. The normalized spacial score (nSPS) is 17.2. The molecule has 1 aliphatic heterocycles. The highest BCUT2D eigenvalue weighted by atomic mass is 19.1. The summed E-state index contributed by atoms with van der Waals surface area (Å²) in [6, 6.07) is 8.35. The van der Waals surface area contributed by atoms with Gasteiger partial charge in [0.25, 0.3) is 5.91 Å². The van der Waals surface area contributed by atoms with E-state index in [0.717, 1.165) is 12.8 Å². The van der Waals surface area contributed by atoms with Crippen LogP contribution in [0.3, 0.4) is 0 Å². The lowest BCUT2D eigenvalue weighted by Gasteiger charge is -2.37. The number of aromatic nitrogens is 4. The molecule has 1 aliphatic carbocycles. The number of carbonyl (C=O) groups is 2. The van der Waals surface area contributed by atoms with Crippen molar-refractivity contribution in [2.45, 2.75) is 44.6 Å². The van der Waals surface area contributed by atoms with Gasteiger partial charge >= 0.3 is 0 Å². The minimum Gasteiger partial charge on any atom is -0.315 e. The van der Waals surface area contributed by atoms with E-state index in [2.05, 4.69) is 20.5 Å². The first-order valence-corrected chi connectivity index (χ1v) is 10.5. The highest BCUT2D eigenvalue weighted by molar-refractivity contribution is 6.06. The third kappa shape index (κ3) is 3.43. The number of halogens is 1. The molecular weight excluding hydrogens is 411 g/mol. The van der Waals surface area contributed by atoms with Crippen molar-refractivity contribution in [3.8, 4) is 11.5 Å². The van der Waals surface area contributed by atoms with Gasteiger partial charge in [0.2, 0.25) is 5.91 Å². The fraction of sp³-hybridized carbons (Fsp3) is 0.348. The van der Waals surface area contributed by atoms with Crippen molar-refractivity contribution in [1.82, 2.24) is 19.7 Å². The summed E-state index contributed by atoms with van der Waals surface area (Å²) in [7, 11) is 1.64. The standard InChI is InChI=1S/C23H23FN6O2/c1-23(2)11-20(31)29(3)18-9-14(16(24)10-15(18)23)22(32)27-19-6-4-5-17(26-19)21-28-25-12-30(21)13-7-8-13/h4-6,9-10,12-13H,7-8,11H2,1-3H3,(H,26,27,32). The first-order valence-electron chi connectivity index (χ1n) is 10.5. The van der Waals surface area contributed by atoms with E-state index in [1.54, 1.807) is 31.6 Å². The summed E-state index contributed by atoms with van der Waals surface area (Å²) in [6.45, 7) is 3.79. The fourth-order valence-corrected chi connectivity index (χ4v) is 4.14. The number of pyridine rings is 1. The largest absolute Gasteiger partial charge is 0.315 e. The Morgan fingerprint density at radius 1 is 1.25 bits per heavy atom. The number of amides is 2. The molecule has 1 N–H and O–H groups in total. The molecule has 0 saturated heterocycles. The Morgan fingerprint density at radius 3 is 2.78 bits per heavy atom. The third-order valence-corrected chi connectivity index (χ3v) is 6.12. The van der Waals surface area contributed by atoms with Gasteiger partial charge in [-0.15, -0.1) is 10.2 Å². The molecule has 164 valence electrons. The van der Waals surface area contributed by atoms with Gasteiger partial charge in [-0.3, -0.25) is 9.59 Å². The van der Waals surface area contributed by atoms with Gasteiger partial charge in [0.15, 0.2) is 5.82 Å². The molecule has 3 heterocycles. The van der Waals surface area contributed by atoms with Crippen LogP contribution >= 0.6 is 0 Å². The Balaban J connectivity index is 1.45. The van der Waals surface area contributed by atoms with E-state index < -0.39 is 17.1 Å². The van der Waals surface area contributed by atoms with Crippen LogP contribution in [0.25, 0.3) is 11.5 Å². The average molecular weight is 434 g/mol. The zero-order valence-electron chi connectivity index (χ0n) is 18.1. The zero-order valence-corrected chi connectivity index (χ0v) is 18.1. The van der Waals surface area contributed by atoms with E-state index >= 15 is 0 Å². The summed E-state index contributed by atoms with van der Waals surface area (Å²) in [5, 5.41) is 10.8. The van der Waals surface area contributed by atoms with E-state index in [0.29, 0.717) is 28.8 Å². The van der Waals surface area contributed by atoms with Crippen LogP contribution in [0.1, 0.15) is 55.1 Å². The summed E-state index contributed by atoms with van der Waals surface area (Å²) in [4.78, 5) is 31.2. The Morgan fingerprint density at radius 2 is 2.03 bits per heavy atom. The van der Waals surface area contributed by atoms with Crippen molar-refractivity contribution in [3.05, 3.63) is 53.6 Å². The van der Waals surface area contributed by atoms with Crippen molar-refractivity contribution in [3.63, 3.8) is 0 Å². The molecule has 0 radical (unpaired) electrons. The summed E-state index contributed by atoms with van der Waals surface area (Å²) in [5.41, 5.74) is 1.16. The van der Waals surface area contributed by atoms with E-state index in [9.17, 15) is 14.0 Å². The quantitative estimate of drug-likeness (QED) is 0.676. The van der Waals surface area contributed by atoms with Crippen LogP contribution in [0.15, 0.2) is 36.7 Å². The molecule has 1 saturated carbocycles. The summed E-state index contributed by atoms with van der Waals surface area (Å²) in [5.74, 6) is -0.440. The van der Waals surface area contributed by atoms with Gasteiger partial charge in [0.1, 0.15) is 23.7 Å². The van der Waals surface area contributed by atoms with Crippen molar-refractivity contribution in [2.75, 3.05) is 17.3 Å². The lowest BCUT2D eigenvalue weighted by Crippen LogP contribution is -2.40. The second-order valence-corrected chi connectivity index (χ2v) is 9.02. The molecule has 2 aromatic heterocycles. The van der Waals surface area contributed by atoms with Crippen LogP contribution in [-0.4, -0.2) is 38.6 Å². The van der Waals surface area contributed by atoms with Gasteiger partial charge in [0.05, 0.1) is 5.56 Å². The number of hydrogen-bond acceptors (Lipinski definition) is 5. The van der Waals surface area contributed by atoms with Crippen molar-refractivity contribution < 1.29 is 14.0 Å². The minimum atomic E-state index is -0.637. The maximum atomic E-state index is 14.9. The van der Waals surface area contributed by atoms with E-state index in [1.165, 1.54) is 17.0 Å². The number of rotatable bonds is 4. The summed E-state index contributed by atoms with van der Waals surface area (Å²) >= 11 is 0. The van der Waals surface area contributed by atoms with Gasteiger partial charge in [-0.05, 0) is 42.7 Å². The van der Waals surface area contributed by atoms with Crippen LogP contribution in [0.2, 0.25) is 0 Å². The molecule has 1 aromatic carbocycles. The lowest BCUT2D eigenvalue weighted by atomic mass is 9.77. The van der Waals surface area contributed by atoms with E-state index in [4.69, 9.17) is 0 Å². The number of nitrogens with zero attached hydrogens (tertiary/aromatic N) is 5. The maximum Gasteiger partial charge on any atom is 0.259 e. The first kappa shape index (κ1) is 20.3. The molecular formula is C23H23FN6O2. The molecule has 0 atom stereocenters. The predicted molar refractivity (Wildman–Crippen MR) is 117 cm³/mol. The zero-order chi connectivity index (χ0) is 22.6. The molecule has 2 aliphatic rings. The van der Waals surface area contributed by atoms with Crippen LogP contribution in [-0.2, 0) is 10.2 Å². The Kier molecular flexibility index (Phi) is 4.58. The second-order valence-electron chi connectivity index (χ2n) is 9.02. The van der Waals surface area contributed by atoms with Gasteiger partial charge in [0, 0.05) is 30.6 Å². The van der Waals surface area contributed by atoms with E-state index in [1.807, 2.05) is 18.4 Å². The predicted octanol–water partition coefficient (Wildman–Crippen LogP) is 3.71. The van der Waals surface area contributed by atoms with Crippen molar-refractivity contribution in [2.24, 2.45) is 0 Å². The third-order valence-electron chi connectivity index (χ3n) is 6.12. The molecule has 32 heavy (non-hydrogen) atoms. The fourth-order valence-electron chi connectivity index (χ4n) is 4.14. The molecule has 2 amide bonds. The van der Waals surface area contributed by atoms with Gasteiger partial charge in [-0.25, -0.2) is 9.37 Å². The number of benzene rings is 1. The topological polar surface area (TPSA) is 93.0 Å². The number of fused-ring (bicyclic) bond motifs is 1. The maximum absolute atomic E-state index is 14.9. The van der Waals surface area contributed by atoms with Crippen LogP contribution in [0, 0.1) is 5.82 Å².